The molecule has 1 atom stereocenters. The highest BCUT2D eigenvalue weighted by atomic mass is 79.9. The molecule has 142 valence electrons. The Kier molecular flexibility index (Phi) is 6.79. The fourth-order valence-corrected chi connectivity index (χ4v) is 4.25. The van der Waals surface area contributed by atoms with Crippen LogP contribution in [0.1, 0.15) is 20.3 Å². The van der Waals surface area contributed by atoms with E-state index in [9.17, 15) is 13.2 Å². The number of aromatic nitrogens is 2. The number of carbonyl (C=O) groups excluding carboxylic acids is 1. The van der Waals surface area contributed by atoms with Gasteiger partial charge in [-0.1, -0.05) is 29.8 Å². The van der Waals surface area contributed by atoms with Crippen molar-refractivity contribution >= 4 is 37.7 Å². The summed E-state index contributed by atoms with van der Waals surface area (Å²) in [7, 11) is -2.60. The van der Waals surface area contributed by atoms with Gasteiger partial charge in [0.2, 0.25) is 15.9 Å². The second kappa shape index (κ2) is 8.65. The summed E-state index contributed by atoms with van der Waals surface area (Å²) in [5.74, 6) is 0.209. The number of aromatic amines is 1. The van der Waals surface area contributed by atoms with Crippen LogP contribution in [0, 0.1) is 5.92 Å². The maximum Gasteiger partial charge on any atom is 0.245 e. The number of anilines is 1. The first kappa shape index (κ1) is 20.4. The van der Waals surface area contributed by atoms with Crippen LogP contribution >= 0.6 is 15.9 Å². The normalized spacial score (nSPS) is 12.8. The minimum absolute atomic E-state index is 0.0440. The molecule has 0 unspecified atom stereocenters. The van der Waals surface area contributed by atoms with Crippen molar-refractivity contribution in [3.05, 3.63) is 34.9 Å². The van der Waals surface area contributed by atoms with Crippen LogP contribution in [0.3, 0.4) is 0 Å². The predicted molar refractivity (Wildman–Crippen MR) is 101 cm³/mol. The van der Waals surface area contributed by atoms with Crippen LogP contribution in [-0.4, -0.2) is 37.7 Å². The highest BCUT2D eigenvalue weighted by molar-refractivity contribution is 9.10. The number of benzene rings is 1. The fourth-order valence-electron chi connectivity index (χ4n) is 2.34. The minimum atomic E-state index is -3.99. The molecule has 1 aromatic carbocycles. The van der Waals surface area contributed by atoms with Crippen molar-refractivity contribution in [3.63, 3.8) is 0 Å². The quantitative estimate of drug-likeness (QED) is 0.578. The van der Waals surface area contributed by atoms with E-state index in [1.165, 1.54) is 19.4 Å². The summed E-state index contributed by atoms with van der Waals surface area (Å²) in [6.07, 6.45) is 1.82. The number of methoxy groups -OCH3 is 1. The minimum Gasteiger partial charge on any atom is -0.495 e. The zero-order chi connectivity index (χ0) is 19.3. The molecule has 2 aromatic rings. The smallest absolute Gasteiger partial charge is 0.245 e. The van der Waals surface area contributed by atoms with E-state index in [1.807, 2.05) is 13.8 Å². The van der Waals surface area contributed by atoms with Crippen LogP contribution in [0.4, 0.5) is 5.82 Å². The summed E-state index contributed by atoms with van der Waals surface area (Å²) in [5.41, 5.74) is 0. The average Bonchev–Trinajstić information content (AvgIpc) is 3.06. The van der Waals surface area contributed by atoms with Crippen LogP contribution in [0.5, 0.6) is 5.75 Å². The lowest BCUT2D eigenvalue weighted by atomic mass is 10.0. The Hall–Kier alpha value is -1.91. The Morgan fingerprint density at radius 2 is 2.08 bits per heavy atom. The van der Waals surface area contributed by atoms with Crippen molar-refractivity contribution in [1.82, 2.24) is 14.9 Å². The molecule has 0 saturated heterocycles. The molecule has 1 aromatic heterocycles. The molecule has 1 amide bonds. The molecule has 0 radical (unpaired) electrons. The van der Waals surface area contributed by atoms with Crippen molar-refractivity contribution in [2.24, 2.45) is 5.92 Å². The molecule has 10 heteroatoms. The second-order valence-corrected chi connectivity index (χ2v) is 8.66. The van der Waals surface area contributed by atoms with Gasteiger partial charge in [-0.3, -0.25) is 9.89 Å². The topological polar surface area (TPSA) is 113 Å². The van der Waals surface area contributed by atoms with Gasteiger partial charge >= 0.3 is 0 Å². The maximum atomic E-state index is 12.9. The lowest BCUT2D eigenvalue weighted by Gasteiger charge is -2.20. The number of nitrogens with zero attached hydrogens (tertiary/aromatic N) is 1. The Labute approximate surface area is 160 Å². The SMILES string of the molecule is COc1ccc(Br)cc1S(=O)(=O)N[C@@H](CC(C)C)C(=O)Nc1ccn[nH]1. The lowest BCUT2D eigenvalue weighted by molar-refractivity contribution is -0.118. The van der Waals surface area contributed by atoms with Crippen molar-refractivity contribution in [2.75, 3.05) is 12.4 Å². The summed E-state index contributed by atoms with van der Waals surface area (Å²) in [6, 6.07) is 5.28. The van der Waals surface area contributed by atoms with Gasteiger partial charge in [-0.25, -0.2) is 8.42 Å². The first-order chi connectivity index (χ1) is 12.2. The predicted octanol–water partition coefficient (Wildman–Crippen LogP) is 2.51. The molecule has 0 fully saturated rings. The van der Waals surface area contributed by atoms with Crippen molar-refractivity contribution in [3.8, 4) is 5.75 Å². The van der Waals surface area contributed by atoms with Crippen molar-refractivity contribution < 1.29 is 17.9 Å². The van der Waals surface area contributed by atoms with E-state index in [1.54, 1.807) is 18.2 Å². The molecule has 8 nitrogen and oxygen atoms in total. The molecular weight excluding hydrogens is 424 g/mol. The summed E-state index contributed by atoms with van der Waals surface area (Å²) in [6.45, 7) is 3.81. The highest BCUT2D eigenvalue weighted by Gasteiger charge is 2.29. The summed E-state index contributed by atoms with van der Waals surface area (Å²) >= 11 is 3.26. The van der Waals surface area contributed by atoms with Gasteiger partial charge in [-0.15, -0.1) is 0 Å². The second-order valence-electron chi connectivity index (χ2n) is 6.06. The summed E-state index contributed by atoms with van der Waals surface area (Å²) in [5, 5.41) is 8.98. The molecular formula is C16H21BrN4O4S. The number of nitrogens with one attached hydrogen (secondary N) is 3. The van der Waals surface area contributed by atoms with Gasteiger partial charge in [0.25, 0.3) is 0 Å². The third-order valence-corrected chi connectivity index (χ3v) is 5.48. The zero-order valence-electron chi connectivity index (χ0n) is 14.6. The first-order valence-electron chi connectivity index (χ1n) is 7.89. The third-order valence-electron chi connectivity index (χ3n) is 3.49. The average molecular weight is 445 g/mol. The molecule has 3 N–H and O–H groups in total. The van der Waals surface area contributed by atoms with Gasteiger partial charge in [-0.2, -0.15) is 9.82 Å². The number of rotatable bonds is 8. The highest BCUT2D eigenvalue weighted by Crippen LogP contribution is 2.27. The number of halogens is 1. The van der Waals surface area contributed by atoms with Gasteiger partial charge in [-0.05, 0) is 30.5 Å². The number of carbonyl (C=O) groups is 1. The number of hydrogen-bond donors (Lipinski definition) is 3. The Bertz CT molecular complexity index is 853. The largest absolute Gasteiger partial charge is 0.495 e. The van der Waals surface area contributed by atoms with E-state index in [4.69, 9.17) is 4.74 Å². The number of ether oxygens (including phenoxy) is 1. The molecule has 0 aliphatic carbocycles. The van der Waals surface area contributed by atoms with Crippen LogP contribution in [0.25, 0.3) is 0 Å². The van der Waals surface area contributed by atoms with Crippen LogP contribution in [0.15, 0.2) is 39.8 Å². The lowest BCUT2D eigenvalue weighted by Crippen LogP contribution is -2.44. The molecule has 0 aliphatic heterocycles. The van der Waals surface area contributed by atoms with E-state index in [0.29, 0.717) is 16.7 Å². The van der Waals surface area contributed by atoms with E-state index in [2.05, 4.69) is 36.2 Å². The zero-order valence-corrected chi connectivity index (χ0v) is 17.0. The Balaban J connectivity index is 2.29. The molecule has 0 spiro atoms. The number of sulfonamides is 1. The van der Waals surface area contributed by atoms with E-state index >= 15 is 0 Å². The van der Waals surface area contributed by atoms with Crippen molar-refractivity contribution in [2.45, 2.75) is 31.2 Å². The van der Waals surface area contributed by atoms with Gasteiger partial charge in [0.05, 0.1) is 13.3 Å². The standard InChI is InChI=1S/C16H21BrN4O4S/c1-10(2)8-12(16(22)19-15-6-7-18-20-15)21-26(23,24)14-9-11(17)4-5-13(14)25-3/h4-7,9-10,12,21H,8H2,1-3H3,(H2,18,19,20,22)/t12-/m0/s1. The first-order valence-corrected chi connectivity index (χ1v) is 10.2. The number of hydrogen-bond acceptors (Lipinski definition) is 5. The molecule has 2 rings (SSSR count). The third kappa shape index (κ3) is 5.29. The molecule has 0 bridgehead atoms. The Morgan fingerprint density at radius 1 is 1.35 bits per heavy atom. The molecule has 26 heavy (non-hydrogen) atoms. The van der Waals surface area contributed by atoms with E-state index < -0.39 is 22.0 Å². The molecule has 0 saturated carbocycles. The van der Waals surface area contributed by atoms with E-state index in [0.717, 1.165) is 0 Å². The Morgan fingerprint density at radius 3 is 2.65 bits per heavy atom. The summed E-state index contributed by atoms with van der Waals surface area (Å²) in [4.78, 5) is 12.5. The summed E-state index contributed by atoms with van der Waals surface area (Å²) < 4.78 is 33.9. The molecule has 0 aliphatic rings. The maximum absolute atomic E-state index is 12.9. The van der Waals surface area contributed by atoms with Crippen LogP contribution in [-0.2, 0) is 14.8 Å². The van der Waals surface area contributed by atoms with Gasteiger partial charge in [0.1, 0.15) is 22.5 Å². The van der Waals surface area contributed by atoms with Crippen molar-refractivity contribution in [1.29, 1.82) is 0 Å². The van der Waals surface area contributed by atoms with E-state index in [-0.39, 0.29) is 16.6 Å². The fraction of sp³-hybridized carbons (Fsp3) is 0.375. The van der Waals surface area contributed by atoms with Gasteiger partial charge < -0.3 is 10.1 Å². The number of H-pyrrole nitrogens is 1. The van der Waals surface area contributed by atoms with Gasteiger partial charge in [0, 0.05) is 10.5 Å². The van der Waals surface area contributed by atoms with Gasteiger partial charge in [0.15, 0.2) is 0 Å². The van der Waals surface area contributed by atoms with Crippen LogP contribution < -0.4 is 14.8 Å². The molecule has 1 heterocycles. The monoisotopic (exact) mass is 444 g/mol. The van der Waals surface area contributed by atoms with Crippen LogP contribution in [0.2, 0.25) is 0 Å². The number of amides is 1.